The Balaban J connectivity index is 1.34. The van der Waals surface area contributed by atoms with Crippen LogP contribution in [-0.2, 0) is 50.6 Å². The molecule has 0 spiro atoms. The zero-order chi connectivity index (χ0) is 50.1. The third-order valence-electron chi connectivity index (χ3n) is 8.74. The Hall–Kier alpha value is -4.20. The van der Waals surface area contributed by atoms with Gasteiger partial charge in [-0.1, -0.05) is 57.7 Å². The monoisotopic (exact) mass is 1050 g/mol. The maximum Gasteiger partial charge on any atom is 0.490 e. The lowest BCUT2D eigenvalue weighted by atomic mass is 10.0. The summed E-state index contributed by atoms with van der Waals surface area (Å²) < 4.78 is 76.9. The number of esters is 1. The molecule has 7 atom stereocenters. The fraction of sp³-hybridized carbons (Fsp3) is 0.432. The van der Waals surface area contributed by atoms with Crippen molar-refractivity contribution in [3.63, 3.8) is 0 Å². The topological polar surface area (TPSA) is 394 Å². The van der Waals surface area contributed by atoms with Crippen LogP contribution in [-0.4, -0.2) is 124 Å². The molecular formula is C37H50N7O19P3S2. The van der Waals surface area contributed by atoms with Crippen LogP contribution in [0.3, 0.4) is 0 Å². The molecule has 2 aromatic carbocycles. The third-order valence-corrected chi connectivity index (χ3v) is 14.7. The maximum atomic E-state index is 13.6. The highest BCUT2D eigenvalue weighted by Crippen LogP contribution is 2.66. The number of nitrogens with one attached hydrogen (secondary N) is 2. The number of nitrogen functional groups attached to an aromatic ring is 1. The van der Waals surface area contributed by atoms with Gasteiger partial charge < -0.3 is 71.1 Å². The third kappa shape index (κ3) is 18.9. The van der Waals surface area contributed by atoms with E-state index in [1.165, 1.54) is 33.9 Å². The van der Waals surface area contributed by atoms with E-state index >= 15 is 0 Å². The van der Waals surface area contributed by atoms with Crippen molar-refractivity contribution in [2.75, 3.05) is 64.7 Å². The lowest BCUT2D eigenvalue weighted by molar-refractivity contribution is -0.126. The minimum absolute atomic E-state index is 0.000344. The molecule has 12 N–H and O–H groups in total. The van der Waals surface area contributed by atoms with Crippen molar-refractivity contribution < 1.29 is 84.5 Å². The van der Waals surface area contributed by atoms with E-state index in [9.17, 15) is 42.7 Å². The number of phosphoric ester groups is 1. The van der Waals surface area contributed by atoms with Gasteiger partial charge in [0.2, 0.25) is 5.91 Å². The molecule has 1 aliphatic heterocycles. The predicted octanol–water partition coefficient (Wildman–Crippen LogP) is 1.31. The molecule has 0 aliphatic carbocycles. The van der Waals surface area contributed by atoms with Gasteiger partial charge in [-0.25, -0.2) is 23.3 Å². The second-order valence-corrected chi connectivity index (χ2v) is 21.1. The van der Waals surface area contributed by atoms with E-state index in [-0.39, 0.29) is 67.5 Å². The van der Waals surface area contributed by atoms with Crippen LogP contribution in [0.5, 0.6) is 5.75 Å². The summed E-state index contributed by atoms with van der Waals surface area (Å²) in [5.74, 6) is 3.76. The lowest BCUT2D eigenvalue weighted by Gasteiger charge is -2.22. The number of aromatic nitrogens is 2. The fourth-order valence-electron chi connectivity index (χ4n) is 5.83. The Morgan fingerprint density at radius 1 is 1.04 bits per heavy atom. The Kier molecular flexibility index (Phi) is 22.1. The first kappa shape index (κ1) is 56.4. The van der Waals surface area contributed by atoms with E-state index in [1.807, 2.05) is 13.2 Å². The molecule has 1 saturated heterocycles. The Morgan fingerprint density at radius 3 is 2.51 bits per heavy atom. The number of ether oxygens (including phenoxy) is 5. The molecule has 374 valence electrons. The van der Waals surface area contributed by atoms with E-state index in [1.54, 1.807) is 42.5 Å². The highest BCUT2D eigenvalue weighted by Gasteiger charge is 2.44. The van der Waals surface area contributed by atoms with Gasteiger partial charge in [0.25, 0.3) is 5.91 Å². The summed E-state index contributed by atoms with van der Waals surface area (Å²) in [5.41, 5.74) is 17.5. The number of amides is 2. The van der Waals surface area contributed by atoms with Crippen molar-refractivity contribution in [2.45, 2.75) is 43.3 Å². The van der Waals surface area contributed by atoms with E-state index in [0.717, 1.165) is 4.57 Å². The zero-order valence-corrected chi connectivity index (χ0v) is 40.5. The fourth-order valence-corrected chi connectivity index (χ4v) is 10.6. The largest absolute Gasteiger partial charge is 0.490 e. The van der Waals surface area contributed by atoms with E-state index < -0.39 is 72.3 Å². The van der Waals surface area contributed by atoms with Crippen LogP contribution < -0.4 is 38.3 Å². The van der Waals surface area contributed by atoms with Crippen molar-refractivity contribution in [3.8, 4) is 17.6 Å². The second-order valence-electron chi connectivity index (χ2n) is 13.8. The van der Waals surface area contributed by atoms with Crippen LogP contribution >= 0.6 is 45.1 Å². The lowest BCUT2D eigenvalue weighted by Crippen LogP contribution is -2.33. The number of hydrogen-bond acceptors (Lipinski definition) is 21. The molecule has 2 amide bonds. The number of rotatable bonds is 26. The maximum absolute atomic E-state index is 13.6. The summed E-state index contributed by atoms with van der Waals surface area (Å²) in [5, 5.41) is 5.00. The van der Waals surface area contributed by atoms with Crippen LogP contribution in [0, 0.1) is 11.8 Å². The number of nitrogens with zero attached hydrogens (tertiary/aromatic N) is 2. The normalized spacial score (nSPS) is 18.5. The molecule has 31 heteroatoms. The molecule has 1 fully saturated rings. The summed E-state index contributed by atoms with van der Waals surface area (Å²) in [6, 6.07) is 13.0. The quantitative estimate of drug-likeness (QED) is 0.0137. The predicted molar refractivity (Wildman–Crippen MR) is 244 cm³/mol. The van der Waals surface area contributed by atoms with Crippen molar-refractivity contribution in [3.05, 3.63) is 87.5 Å². The van der Waals surface area contributed by atoms with Gasteiger partial charge in [-0.2, -0.15) is 13.6 Å². The van der Waals surface area contributed by atoms with Crippen LogP contribution in [0.15, 0.2) is 59.5 Å². The van der Waals surface area contributed by atoms with Gasteiger partial charge in [0.15, 0.2) is 0 Å². The summed E-state index contributed by atoms with van der Waals surface area (Å²) in [6.07, 6.45) is -2.29. The number of hydrogen-bond donors (Lipinski definition) is 9. The number of nitrogens with two attached hydrogens (primary N) is 3. The van der Waals surface area contributed by atoms with Gasteiger partial charge in [-0.3, -0.25) is 18.7 Å². The van der Waals surface area contributed by atoms with E-state index in [2.05, 4.69) is 36.1 Å². The molecule has 26 nitrogen and oxygen atoms in total. The number of carbonyl (C=O) groups excluding carboxylic acids is 3. The second kappa shape index (κ2) is 26.7. The average Bonchev–Trinajstić information content (AvgIpc) is 3.66. The molecule has 4 rings (SSSR count). The van der Waals surface area contributed by atoms with Gasteiger partial charge in [-0.15, -0.1) is 0 Å². The number of anilines is 1. The van der Waals surface area contributed by atoms with Crippen LogP contribution in [0.4, 0.5) is 5.82 Å². The van der Waals surface area contributed by atoms with Crippen LogP contribution in [0.2, 0.25) is 0 Å². The molecular weight excluding hydrogens is 1000 g/mol. The van der Waals surface area contributed by atoms with Gasteiger partial charge >= 0.3 is 35.1 Å². The van der Waals surface area contributed by atoms with Crippen molar-refractivity contribution in [1.29, 1.82) is 0 Å². The number of benzene rings is 2. The first-order valence-electron chi connectivity index (χ1n) is 19.8. The summed E-state index contributed by atoms with van der Waals surface area (Å²) >= 11 is 0. The molecule has 0 bridgehead atoms. The van der Waals surface area contributed by atoms with Crippen LogP contribution in [0.1, 0.15) is 56.7 Å². The van der Waals surface area contributed by atoms with Gasteiger partial charge in [0.1, 0.15) is 49.4 Å². The van der Waals surface area contributed by atoms with E-state index in [0.29, 0.717) is 30.0 Å². The van der Waals surface area contributed by atoms with E-state index in [4.69, 9.17) is 55.2 Å². The first-order chi connectivity index (χ1) is 32.1. The smallest absolute Gasteiger partial charge is 0.489 e. The van der Waals surface area contributed by atoms with Crippen molar-refractivity contribution >= 4 is 68.7 Å². The van der Waals surface area contributed by atoms with Gasteiger partial charge in [-0.05, 0) is 43.0 Å². The minimum Gasteiger partial charge on any atom is -0.489 e. The SMILES string of the molecule is CSSC(C)c1ccccc1C(=O)O[C@@H]1C[C@H](n2cc(C#CCNC(=O)COCCOC(N)COc3cccc(C(=O)NCCN)c3)c(N)nc2=O)OC1COP(=O)(O)OP(=O)(O)OP(=O)(O)O. The molecule has 2 heterocycles. The zero-order valence-electron chi connectivity index (χ0n) is 36.1. The summed E-state index contributed by atoms with van der Waals surface area (Å²) in [6.45, 7) is 0.893. The van der Waals surface area contributed by atoms with Gasteiger partial charge in [0.05, 0.1) is 37.5 Å². The van der Waals surface area contributed by atoms with Gasteiger partial charge in [0, 0.05) is 36.5 Å². The van der Waals surface area contributed by atoms with Crippen molar-refractivity contribution in [1.82, 2.24) is 20.2 Å². The summed E-state index contributed by atoms with van der Waals surface area (Å²) in [4.78, 5) is 92.4. The van der Waals surface area contributed by atoms with Crippen molar-refractivity contribution in [2.24, 2.45) is 11.5 Å². The molecule has 1 aromatic heterocycles. The molecule has 68 heavy (non-hydrogen) atoms. The number of phosphoric acid groups is 3. The Morgan fingerprint density at radius 2 is 1.79 bits per heavy atom. The molecule has 5 unspecified atom stereocenters. The summed E-state index contributed by atoms with van der Waals surface area (Å²) in [7, 11) is -14.3. The Labute approximate surface area is 396 Å². The molecule has 0 saturated carbocycles. The highest BCUT2D eigenvalue weighted by atomic mass is 33.1. The highest BCUT2D eigenvalue weighted by molar-refractivity contribution is 8.76. The number of carbonyl (C=O) groups is 3. The molecule has 0 radical (unpaired) electrons. The first-order valence-corrected chi connectivity index (χ1v) is 27.0. The standard InChI is InChI=1S/C37H50N7O19P3S2/c1-23(68-67-2)27-10-3-4-11-28(27)36(47)61-29-18-33(60-30(29)20-59-65(52,53)63-66(54,55)62-64(49,50)51)44-19-25(34(40)43-37(44)48)8-6-13-41-32(45)22-56-15-16-57-31(39)21-58-26-9-5-7-24(17-26)35(46)42-14-12-38/h3-5,7,9-11,17,19,23,29-31,33H,12-16,18,20-22,38-39H2,1-2H3,(H,41,45)(H,42,46)(H,52,53)(H,54,55)(H2,40,43,48)(H2,49,50,51)/t23?,29-,30?,31?,33-/m1/s1. The Bertz CT molecular complexity index is 2490. The molecule has 3 aromatic rings. The average molecular weight is 1050 g/mol. The molecule has 1 aliphatic rings. The minimum atomic E-state index is -5.88. The van der Waals surface area contributed by atoms with Crippen LogP contribution in [0.25, 0.3) is 0 Å².